The second-order valence-corrected chi connectivity index (χ2v) is 4.05. The molecule has 0 amide bonds. The number of hydrogen-bond acceptors (Lipinski definition) is 1. The molecule has 0 spiro atoms. The zero-order valence-corrected chi connectivity index (χ0v) is 9.10. The van der Waals surface area contributed by atoms with Gasteiger partial charge in [0.1, 0.15) is 5.75 Å². The molecule has 1 aliphatic heterocycles. The molecule has 0 aliphatic carbocycles. The van der Waals surface area contributed by atoms with Gasteiger partial charge in [0.15, 0.2) is 0 Å². The molecule has 0 saturated heterocycles. The lowest BCUT2D eigenvalue weighted by atomic mass is 9.99. The van der Waals surface area contributed by atoms with Crippen LogP contribution < -0.4 is 4.74 Å². The van der Waals surface area contributed by atoms with Crippen LogP contribution >= 0.6 is 0 Å². The van der Waals surface area contributed by atoms with E-state index in [0.717, 1.165) is 13.0 Å². The van der Waals surface area contributed by atoms with Crippen molar-refractivity contribution in [2.45, 2.75) is 39.5 Å². The van der Waals surface area contributed by atoms with E-state index in [1.54, 1.807) is 0 Å². The van der Waals surface area contributed by atoms with Crippen LogP contribution in [0.15, 0.2) is 12.1 Å². The van der Waals surface area contributed by atoms with Gasteiger partial charge in [0.25, 0.3) is 0 Å². The number of fused-ring (bicyclic) bond motifs is 1. The van der Waals surface area contributed by atoms with Gasteiger partial charge in [0.05, 0.1) is 6.61 Å². The Morgan fingerprint density at radius 1 is 1.36 bits per heavy atom. The standard InChI is InChI=1S/C13H18O/c1-3-4-5-11-7-6-10(2)12-8-9-14-13(11)12/h6-7H,3-5,8-9H2,1-2H3. The lowest BCUT2D eigenvalue weighted by molar-refractivity contribution is 0.353. The molecular weight excluding hydrogens is 172 g/mol. The lowest BCUT2D eigenvalue weighted by Gasteiger charge is -2.09. The van der Waals surface area contributed by atoms with Gasteiger partial charge in [-0.3, -0.25) is 0 Å². The third-order valence-electron chi connectivity index (χ3n) is 2.97. The van der Waals surface area contributed by atoms with E-state index in [1.165, 1.54) is 41.7 Å². The van der Waals surface area contributed by atoms with Crippen LogP contribution in [0.4, 0.5) is 0 Å². The predicted octanol–water partition coefficient (Wildman–Crippen LogP) is 3.27. The molecule has 0 N–H and O–H groups in total. The molecule has 0 unspecified atom stereocenters. The number of aryl methyl sites for hydroxylation is 2. The molecule has 0 aromatic heterocycles. The second kappa shape index (κ2) is 4.04. The SMILES string of the molecule is CCCCc1ccc(C)c2c1OCC2. The van der Waals surface area contributed by atoms with Crippen molar-refractivity contribution in [2.24, 2.45) is 0 Å². The predicted molar refractivity (Wildman–Crippen MR) is 59.0 cm³/mol. The molecule has 0 bridgehead atoms. The van der Waals surface area contributed by atoms with Crippen molar-refractivity contribution in [3.05, 3.63) is 28.8 Å². The van der Waals surface area contributed by atoms with Crippen LogP contribution in [0.2, 0.25) is 0 Å². The summed E-state index contributed by atoms with van der Waals surface area (Å²) < 4.78 is 5.71. The first-order valence-electron chi connectivity index (χ1n) is 5.57. The minimum Gasteiger partial charge on any atom is -0.493 e. The minimum absolute atomic E-state index is 0.874. The largest absolute Gasteiger partial charge is 0.493 e. The highest BCUT2D eigenvalue weighted by atomic mass is 16.5. The van der Waals surface area contributed by atoms with E-state index in [4.69, 9.17) is 4.74 Å². The first-order valence-corrected chi connectivity index (χ1v) is 5.57. The van der Waals surface area contributed by atoms with E-state index in [1.807, 2.05) is 0 Å². The van der Waals surface area contributed by atoms with Crippen molar-refractivity contribution < 1.29 is 4.74 Å². The molecule has 14 heavy (non-hydrogen) atoms. The molecule has 1 aromatic carbocycles. The van der Waals surface area contributed by atoms with Crippen molar-refractivity contribution >= 4 is 0 Å². The van der Waals surface area contributed by atoms with Crippen LogP contribution in [-0.4, -0.2) is 6.61 Å². The molecule has 0 atom stereocenters. The highest BCUT2D eigenvalue weighted by Gasteiger charge is 2.17. The van der Waals surface area contributed by atoms with E-state index < -0.39 is 0 Å². The third-order valence-corrected chi connectivity index (χ3v) is 2.97. The molecular formula is C13H18O. The van der Waals surface area contributed by atoms with Gasteiger partial charge in [-0.05, 0) is 30.9 Å². The molecule has 2 rings (SSSR count). The Balaban J connectivity index is 2.29. The summed E-state index contributed by atoms with van der Waals surface area (Å²) in [7, 11) is 0. The molecule has 1 heteroatoms. The van der Waals surface area contributed by atoms with Gasteiger partial charge in [-0.2, -0.15) is 0 Å². The van der Waals surface area contributed by atoms with Gasteiger partial charge in [-0.1, -0.05) is 25.5 Å². The van der Waals surface area contributed by atoms with Crippen LogP contribution in [0.5, 0.6) is 5.75 Å². The summed E-state index contributed by atoms with van der Waals surface area (Å²) in [6.45, 7) is 5.28. The monoisotopic (exact) mass is 190 g/mol. The van der Waals surface area contributed by atoms with Crippen molar-refractivity contribution in [3.63, 3.8) is 0 Å². The fourth-order valence-corrected chi connectivity index (χ4v) is 2.08. The zero-order valence-electron chi connectivity index (χ0n) is 9.10. The smallest absolute Gasteiger partial charge is 0.126 e. The summed E-state index contributed by atoms with van der Waals surface area (Å²) in [4.78, 5) is 0. The summed E-state index contributed by atoms with van der Waals surface area (Å²) in [6.07, 6.45) is 4.78. The molecule has 0 saturated carbocycles. The Bertz CT molecular complexity index is 328. The maximum absolute atomic E-state index is 5.71. The van der Waals surface area contributed by atoms with Crippen LogP contribution in [0.3, 0.4) is 0 Å². The average molecular weight is 190 g/mol. The Hall–Kier alpha value is -0.980. The number of hydrogen-bond donors (Lipinski definition) is 0. The normalized spacial score (nSPS) is 13.9. The fourth-order valence-electron chi connectivity index (χ4n) is 2.08. The number of unbranched alkanes of at least 4 members (excludes halogenated alkanes) is 1. The van der Waals surface area contributed by atoms with E-state index >= 15 is 0 Å². The van der Waals surface area contributed by atoms with Crippen LogP contribution in [0, 0.1) is 6.92 Å². The molecule has 1 heterocycles. The zero-order chi connectivity index (χ0) is 9.97. The maximum atomic E-state index is 5.71. The first-order chi connectivity index (χ1) is 6.83. The molecule has 1 nitrogen and oxygen atoms in total. The first kappa shape index (κ1) is 9.57. The highest BCUT2D eigenvalue weighted by Crippen LogP contribution is 2.32. The van der Waals surface area contributed by atoms with E-state index in [9.17, 15) is 0 Å². The van der Waals surface area contributed by atoms with E-state index in [2.05, 4.69) is 26.0 Å². The fraction of sp³-hybridized carbons (Fsp3) is 0.538. The molecule has 1 aromatic rings. The van der Waals surface area contributed by atoms with Gasteiger partial charge >= 0.3 is 0 Å². The van der Waals surface area contributed by atoms with Crippen LogP contribution in [0.1, 0.15) is 36.5 Å². The molecule has 0 radical (unpaired) electrons. The van der Waals surface area contributed by atoms with Crippen LogP contribution in [0.25, 0.3) is 0 Å². The maximum Gasteiger partial charge on any atom is 0.126 e. The van der Waals surface area contributed by atoms with Crippen LogP contribution in [-0.2, 0) is 12.8 Å². The molecule has 0 fully saturated rings. The van der Waals surface area contributed by atoms with Crippen molar-refractivity contribution in [1.82, 2.24) is 0 Å². The average Bonchev–Trinajstić information content (AvgIpc) is 2.66. The van der Waals surface area contributed by atoms with Gasteiger partial charge in [0, 0.05) is 12.0 Å². The number of ether oxygens (including phenoxy) is 1. The van der Waals surface area contributed by atoms with E-state index in [-0.39, 0.29) is 0 Å². The highest BCUT2D eigenvalue weighted by molar-refractivity contribution is 5.48. The minimum atomic E-state index is 0.874. The molecule has 76 valence electrons. The summed E-state index contributed by atoms with van der Waals surface area (Å²) in [5, 5.41) is 0. The van der Waals surface area contributed by atoms with Gasteiger partial charge in [0.2, 0.25) is 0 Å². The quantitative estimate of drug-likeness (QED) is 0.710. The van der Waals surface area contributed by atoms with Gasteiger partial charge in [-0.15, -0.1) is 0 Å². The summed E-state index contributed by atoms with van der Waals surface area (Å²) in [6, 6.07) is 4.47. The third kappa shape index (κ3) is 1.63. The number of benzene rings is 1. The molecule has 1 aliphatic rings. The summed E-state index contributed by atoms with van der Waals surface area (Å²) in [5.41, 5.74) is 4.24. The Morgan fingerprint density at radius 3 is 3.00 bits per heavy atom. The Morgan fingerprint density at radius 2 is 2.21 bits per heavy atom. The topological polar surface area (TPSA) is 9.23 Å². The van der Waals surface area contributed by atoms with Gasteiger partial charge < -0.3 is 4.74 Å². The van der Waals surface area contributed by atoms with Crippen molar-refractivity contribution in [2.75, 3.05) is 6.61 Å². The Kier molecular flexibility index (Phi) is 2.76. The van der Waals surface area contributed by atoms with Crippen molar-refractivity contribution in [3.8, 4) is 5.75 Å². The number of rotatable bonds is 3. The second-order valence-electron chi connectivity index (χ2n) is 4.05. The van der Waals surface area contributed by atoms with E-state index in [0.29, 0.717) is 0 Å². The lowest BCUT2D eigenvalue weighted by Crippen LogP contribution is -1.92. The summed E-state index contributed by atoms with van der Waals surface area (Å²) >= 11 is 0. The Labute approximate surface area is 86.1 Å². The van der Waals surface area contributed by atoms with Crippen molar-refractivity contribution in [1.29, 1.82) is 0 Å². The van der Waals surface area contributed by atoms with Gasteiger partial charge in [-0.25, -0.2) is 0 Å². The summed E-state index contributed by atoms with van der Waals surface area (Å²) in [5.74, 6) is 1.19.